The average molecular weight is 399 g/mol. The average Bonchev–Trinajstić information content (AvgIpc) is 3.12. The summed E-state index contributed by atoms with van der Waals surface area (Å²) in [5.41, 5.74) is 2.68. The molecule has 0 fully saturated rings. The van der Waals surface area contributed by atoms with Crippen molar-refractivity contribution in [3.63, 3.8) is 0 Å². The van der Waals surface area contributed by atoms with Crippen LogP contribution in [0.25, 0.3) is 21.8 Å². The highest BCUT2D eigenvalue weighted by Crippen LogP contribution is 2.29. The lowest BCUT2D eigenvalue weighted by molar-refractivity contribution is -0.150. The fourth-order valence-corrected chi connectivity index (χ4v) is 3.99. The monoisotopic (exact) mass is 399 g/mol. The molecule has 0 saturated heterocycles. The molecule has 0 aliphatic heterocycles. The second kappa shape index (κ2) is 8.95. The predicted octanol–water partition coefficient (Wildman–Crippen LogP) is 5.98. The lowest BCUT2D eigenvalue weighted by atomic mass is 9.99. The highest BCUT2D eigenvalue weighted by Gasteiger charge is 2.25. The zero-order chi connectivity index (χ0) is 20.9. The summed E-state index contributed by atoms with van der Waals surface area (Å²) in [5, 5.41) is 2.08. The van der Waals surface area contributed by atoms with Crippen LogP contribution in [0.1, 0.15) is 36.5 Å². The van der Waals surface area contributed by atoms with Gasteiger partial charge in [0.05, 0.1) is 17.0 Å². The second-order valence-electron chi connectivity index (χ2n) is 7.55. The molecule has 0 spiro atoms. The SMILES string of the molecule is CCC[C@H](CC(=O)n1c2ccccc2c2ccccc21)C(=O)OCc1ccccc1. The molecule has 152 valence electrons. The Bertz CT molecular complexity index is 1120. The van der Waals surface area contributed by atoms with Gasteiger partial charge in [-0.2, -0.15) is 0 Å². The quantitative estimate of drug-likeness (QED) is 0.359. The van der Waals surface area contributed by atoms with E-state index in [2.05, 4.69) is 0 Å². The normalized spacial score (nSPS) is 12.2. The van der Waals surface area contributed by atoms with Crippen molar-refractivity contribution in [2.24, 2.45) is 5.92 Å². The number of benzene rings is 3. The number of nitrogens with zero attached hydrogens (tertiary/aromatic N) is 1. The van der Waals surface area contributed by atoms with Crippen LogP contribution >= 0.6 is 0 Å². The number of ether oxygens (including phenoxy) is 1. The third-order valence-corrected chi connectivity index (χ3v) is 5.44. The van der Waals surface area contributed by atoms with Crippen LogP contribution in [0.5, 0.6) is 0 Å². The number of carbonyl (C=O) groups is 2. The minimum atomic E-state index is -0.453. The van der Waals surface area contributed by atoms with Gasteiger partial charge in [0.15, 0.2) is 0 Å². The maximum Gasteiger partial charge on any atom is 0.309 e. The van der Waals surface area contributed by atoms with E-state index >= 15 is 0 Å². The highest BCUT2D eigenvalue weighted by molar-refractivity contribution is 6.13. The molecule has 0 amide bonds. The zero-order valence-electron chi connectivity index (χ0n) is 17.1. The van der Waals surface area contributed by atoms with E-state index in [9.17, 15) is 9.59 Å². The Labute approximate surface area is 176 Å². The molecule has 1 heterocycles. The number of fused-ring (bicyclic) bond motifs is 3. The lowest BCUT2D eigenvalue weighted by Gasteiger charge is -2.16. The van der Waals surface area contributed by atoms with Crippen LogP contribution in [0.4, 0.5) is 0 Å². The highest BCUT2D eigenvalue weighted by atomic mass is 16.5. The van der Waals surface area contributed by atoms with E-state index in [1.165, 1.54) is 0 Å². The van der Waals surface area contributed by atoms with Crippen LogP contribution in [0, 0.1) is 5.92 Å². The van der Waals surface area contributed by atoms with E-state index in [1.54, 1.807) is 4.57 Å². The molecule has 0 N–H and O–H groups in total. The van der Waals surface area contributed by atoms with E-state index in [-0.39, 0.29) is 24.9 Å². The van der Waals surface area contributed by atoms with Crippen molar-refractivity contribution in [3.8, 4) is 0 Å². The molecular weight excluding hydrogens is 374 g/mol. The summed E-state index contributed by atoms with van der Waals surface area (Å²) in [6, 6.07) is 25.4. The maximum atomic E-state index is 13.4. The molecule has 1 atom stereocenters. The van der Waals surface area contributed by atoms with Gasteiger partial charge < -0.3 is 4.74 Å². The number of hydrogen-bond donors (Lipinski definition) is 0. The summed E-state index contributed by atoms with van der Waals surface area (Å²) >= 11 is 0. The fraction of sp³-hybridized carbons (Fsp3) is 0.231. The van der Waals surface area contributed by atoms with Gasteiger partial charge in [-0.1, -0.05) is 80.1 Å². The Morgan fingerprint density at radius 3 is 2.00 bits per heavy atom. The van der Waals surface area contributed by atoms with Gasteiger partial charge in [0, 0.05) is 17.2 Å². The molecule has 0 saturated carbocycles. The Morgan fingerprint density at radius 2 is 1.40 bits per heavy atom. The Hall–Kier alpha value is -3.40. The van der Waals surface area contributed by atoms with Crippen molar-refractivity contribution in [3.05, 3.63) is 84.4 Å². The van der Waals surface area contributed by atoms with Gasteiger partial charge in [-0.05, 0) is 24.1 Å². The van der Waals surface area contributed by atoms with Crippen molar-refractivity contribution in [2.45, 2.75) is 32.8 Å². The van der Waals surface area contributed by atoms with Gasteiger partial charge in [0.2, 0.25) is 5.91 Å². The molecule has 4 aromatic rings. The van der Waals surface area contributed by atoms with E-state index in [0.717, 1.165) is 33.8 Å². The van der Waals surface area contributed by atoms with E-state index in [1.807, 2.05) is 85.8 Å². The van der Waals surface area contributed by atoms with Crippen molar-refractivity contribution < 1.29 is 14.3 Å². The van der Waals surface area contributed by atoms with Crippen LogP contribution in [0.15, 0.2) is 78.9 Å². The van der Waals surface area contributed by atoms with Gasteiger partial charge in [-0.15, -0.1) is 0 Å². The van der Waals surface area contributed by atoms with Crippen molar-refractivity contribution in [1.29, 1.82) is 0 Å². The molecule has 0 unspecified atom stereocenters. The maximum absolute atomic E-state index is 13.4. The molecule has 0 aliphatic carbocycles. The van der Waals surface area contributed by atoms with E-state index < -0.39 is 5.92 Å². The van der Waals surface area contributed by atoms with Crippen LogP contribution in [0.2, 0.25) is 0 Å². The van der Waals surface area contributed by atoms with Crippen LogP contribution in [-0.2, 0) is 16.1 Å². The summed E-state index contributed by atoms with van der Waals surface area (Å²) in [6.45, 7) is 2.24. The van der Waals surface area contributed by atoms with Crippen LogP contribution in [-0.4, -0.2) is 16.4 Å². The molecule has 0 radical (unpaired) electrons. The first-order valence-corrected chi connectivity index (χ1v) is 10.4. The van der Waals surface area contributed by atoms with Crippen LogP contribution < -0.4 is 0 Å². The molecule has 4 rings (SSSR count). The number of aromatic nitrogens is 1. The summed E-state index contributed by atoms with van der Waals surface area (Å²) in [6.07, 6.45) is 1.56. The summed E-state index contributed by atoms with van der Waals surface area (Å²) in [4.78, 5) is 26.1. The molecule has 30 heavy (non-hydrogen) atoms. The van der Waals surface area contributed by atoms with Crippen molar-refractivity contribution >= 4 is 33.7 Å². The molecule has 4 heteroatoms. The molecule has 0 bridgehead atoms. The number of esters is 1. The number of hydrogen-bond acceptors (Lipinski definition) is 3. The Balaban J connectivity index is 1.58. The molecule has 4 nitrogen and oxygen atoms in total. The van der Waals surface area contributed by atoms with Gasteiger partial charge in [-0.25, -0.2) is 0 Å². The fourth-order valence-electron chi connectivity index (χ4n) is 3.99. The Morgan fingerprint density at radius 1 is 0.833 bits per heavy atom. The first-order chi connectivity index (χ1) is 14.7. The molecular formula is C26H25NO3. The summed E-state index contributed by atoms with van der Waals surface area (Å²) in [5.74, 6) is -0.844. The first kappa shape index (κ1) is 19.9. The van der Waals surface area contributed by atoms with E-state index in [4.69, 9.17) is 4.74 Å². The zero-order valence-corrected chi connectivity index (χ0v) is 17.1. The lowest BCUT2D eigenvalue weighted by Crippen LogP contribution is -2.23. The molecule has 0 aliphatic rings. The second-order valence-corrected chi connectivity index (χ2v) is 7.55. The first-order valence-electron chi connectivity index (χ1n) is 10.4. The van der Waals surface area contributed by atoms with Gasteiger partial charge >= 0.3 is 5.97 Å². The minimum absolute atomic E-state index is 0.0810. The minimum Gasteiger partial charge on any atom is -0.461 e. The number of rotatable bonds is 7. The Kier molecular flexibility index (Phi) is 5.94. The number of carbonyl (C=O) groups excluding carboxylic acids is 2. The molecule has 3 aromatic carbocycles. The van der Waals surface area contributed by atoms with Crippen molar-refractivity contribution in [1.82, 2.24) is 4.57 Å². The predicted molar refractivity (Wildman–Crippen MR) is 119 cm³/mol. The number of para-hydroxylation sites is 2. The van der Waals surface area contributed by atoms with E-state index in [0.29, 0.717) is 6.42 Å². The third-order valence-electron chi connectivity index (χ3n) is 5.44. The van der Waals surface area contributed by atoms with Gasteiger partial charge in [0.25, 0.3) is 0 Å². The van der Waals surface area contributed by atoms with Gasteiger partial charge in [-0.3, -0.25) is 14.2 Å². The molecule has 1 aromatic heterocycles. The van der Waals surface area contributed by atoms with Crippen LogP contribution in [0.3, 0.4) is 0 Å². The third kappa shape index (κ3) is 3.99. The van der Waals surface area contributed by atoms with Gasteiger partial charge in [0.1, 0.15) is 6.61 Å². The summed E-state index contributed by atoms with van der Waals surface area (Å²) < 4.78 is 7.28. The van der Waals surface area contributed by atoms with Crippen molar-refractivity contribution in [2.75, 3.05) is 0 Å². The largest absolute Gasteiger partial charge is 0.461 e. The standard InChI is InChI=1S/C26H25NO3/c1-2-10-20(26(29)30-18-19-11-4-3-5-12-19)17-25(28)27-23-15-8-6-13-21(23)22-14-7-9-16-24(22)27/h3-9,11-16,20H,2,10,17-18H2,1H3/t20-/m1/s1. The smallest absolute Gasteiger partial charge is 0.309 e. The topological polar surface area (TPSA) is 48.3 Å². The summed E-state index contributed by atoms with van der Waals surface area (Å²) in [7, 11) is 0.